The third kappa shape index (κ3) is 5.04. The molecule has 0 aliphatic carbocycles. The van der Waals surface area contributed by atoms with E-state index in [9.17, 15) is 4.79 Å². The quantitative estimate of drug-likeness (QED) is 0.829. The fraction of sp³-hybridized carbons (Fsp3) is 0.500. The van der Waals surface area contributed by atoms with Crippen LogP contribution in [0, 0.1) is 0 Å². The van der Waals surface area contributed by atoms with E-state index >= 15 is 0 Å². The number of rotatable bonds is 5. The van der Waals surface area contributed by atoms with Crippen LogP contribution in [0.4, 0.5) is 11.4 Å². The van der Waals surface area contributed by atoms with E-state index in [1.54, 1.807) is 7.11 Å². The summed E-state index contributed by atoms with van der Waals surface area (Å²) in [4.78, 5) is 16.3. The van der Waals surface area contributed by atoms with Gasteiger partial charge in [0.25, 0.3) is 0 Å². The number of nitrogens with zero attached hydrogens (tertiary/aromatic N) is 2. The van der Waals surface area contributed by atoms with Crippen LogP contribution in [-0.4, -0.2) is 52.9 Å². The minimum atomic E-state index is 0. The Balaban J connectivity index is 0.00000200. The van der Waals surface area contributed by atoms with Gasteiger partial charge in [0.1, 0.15) is 0 Å². The molecule has 1 aromatic carbocycles. The molecule has 21 heavy (non-hydrogen) atoms. The molecule has 1 aliphatic heterocycles. The number of benzene rings is 1. The molecule has 0 aromatic heterocycles. The fourth-order valence-electron chi connectivity index (χ4n) is 2.23. The maximum atomic E-state index is 12.2. The van der Waals surface area contributed by atoms with Crippen molar-refractivity contribution in [3.8, 4) is 0 Å². The molecule has 7 heteroatoms. The van der Waals surface area contributed by atoms with Crippen LogP contribution in [0.1, 0.15) is 0 Å². The average Bonchev–Trinajstić information content (AvgIpc) is 2.44. The Bertz CT molecular complexity index is 446. The van der Waals surface area contributed by atoms with Crippen LogP contribution in [-0.2, 0) is 9.53 Å². The lowest BCUT2D eigenvalue weighted by Gasteiger charge is -2.35. The number of fused-ring (bicyclic) bond motifs is 1. The summed E-state index contributed by atoms with van der Waals surface area (Å²) in [7, 11) is 3.71. The van der Waals surface area contributed by atoms with Gasteiger partial charge in [-0.3, -0.25) is 4.79 Å². The summed E-state index contributed by atoms with van der Waals surface area (Å²) in [6.45, 7) is 3.25. The average molecular weight is 336 g/mol. The molecule has 5 nitrogen and oxygen atoms in total. The molecule has 0 spiro atoms. The van der Waals surface area contributed by atoms with E-state index in [-0.39, 0.29) is 30.7 Å². The predicted octanol–water partition coefficient (Wildman–Crippen LogP) is 1.55. The zero-order valence-electron chi connectivity index (χ0n) is 12.4. The number of hydrogen-bond donors (Lipinski definition) is 1. The molecule has 0 bridgehead atoms. The van der Waals surface area contributed by atoms with E-state index < -0.39 is 0 Å². The molecule has 2 rings (SSSR count). The number of amides is 1. The molecule has 1 aliphatic rings. The first-order valence-corrected chi connectivity index (χ1v) is 6.54. The maximum Gasteiger partial charge on any atom is 0.241 e. The molecule has 0 saturated heterocycles. The lowest BCUT2D eigenvalue weighted by atomic mass is 10.1. The van der Waals surface area contributed by atoms with Crippen molar-refractivity contribution in [2.45, 2.75) is 0 Å². The number of hydrogen-bond acceptors (Lipinski definition) is 4. The topological polar surface area (TPSA) is 44.8 Å². The first-order valence-electron chi connectivity index (χ1n) is 6.54. The van der Waals surface area contributed by atoms with Crippen LogP contribution >= 0.6 is 24.8 Å². The zero-order chi connectivity index (χ0) is 13.7. The highest BCUT2D eigenvalue weighted by molar-refractivity contribution is 5.98. The van der Waals surface area contributed by atoms with Crippen molar-refractivity contribution in [3.05, 3.63) is 24.3 Å². The van der Waals surface area contributed by atoms with Crippen molar-refractivity contribution in [1.29, 1.82) is 0 Å². The summed E-state index contributed by atoms with van der Waals surface area (Å²) in [5.41, 5.74) is 2.11. The van der Waals surface area contributed by atoms with Gasteiger partial charge in [0.05, 0.1) is 24.5 Å². The molecule has 120 valence electrons. The molecule has 0 saturated carbocycles. The van der Waals surface area contributed by atoms with Crippen LogP contribution in [0.5, 0.6) is 0 Å². The SMILES string of the molecule is COCCNCC(=O)N1CCN(C)c2ccccc21.Cl.Cl. The van der Waals surface area contributed by atoms with Gasteiger partial charge in [0.2, 0.25) is 5.91 Å². The van der Waals surface area contributed by atoms with Gasteiger partial charge in [-0.15, -0.1) is 24.8 Å². The number of carbonyl (C=O) groups is 1. The normalized spacial score (nSPS) is 13.0. The molecule has 0 unspecified atom stereocenters. The smallest absolute Gasteiger partial charge is 0.241 e. The fourth-order valence-corrected chi connectivity index (χ4v) is 2.23. The van der Waals surface area contributed by atoms with E-state index in [2.05, 4.69) is 17.3 Å². The van der Waals surface area contributed by atoms with Gasteiger partial charge in [-0.2, -0.15) is 0 Å². The summed E-state index contributed by atoms with van der Waals surface area (Å²) < 4.78 is 4.95. The number of halogens is 2. The lowest BCUT2D eigenvalue weighted by molar-refractivity contribution is -0.117. The van der Waals surface area contributed by atoms with Gasteiger partial charge in [0.15, 0.2) is 0 Å². The predicted molar refractivity (Wildman–Crippen MR) is 91.3 cm³/mol. The summed E-state index contributed by atoms with van der Waals surface area (Å²) >= 11 is 0. The van der Waals surface area contributed by atoms with Crippen LogP contribution in [0.15, 0.2) is 24.3 Å². The molecule has 1 N–H and O–H groups in total. The lowest BCUT2D eigenvalue weighted by Crippen LogP contribution is -2.46. The highest BCUT2D eigenvalue weighted by atomic mass is 35.5. The monoisotopic (exact) mass is 335 g/mol. The third-order valence-corrected chi connectivity index (χ3v) is 3.30. The number of methoxy groups -OCH3 is 1. The molecule has 0 radical (unpaired) electrons. The van der Waals surface area contributed by atoms with Gasteiger partial charge >= 0.3 is 0 Å². The first-order chi connectivity index (χ1) is 9.24. The van der Waals surface area contributed by atoms with Crippen LogP contribution in [0.2, 0.25) is 0 Å². The van der Waals surface area contributed by atoms with Gasteiger partial charge in [-0.05, 0) is 12.1 Å². The third-order valence-electron chi connectivity index (χ3n) is 3.30. The summed E-state index contributed by atoms with van der Waals surface area (Å²) in [5, 5.41) is 3.10. The van der Waals surface area contributed by atoms with Crippen molar-refractivity contribution in [2.75, 3.05) is 56.7 Å². The highest BCUT2D eigenvalue weighted by Crippen LogP contribution is 2.31. The molecule has 1 aromatic rings. The minimum absolute atomic E-state index is 0. The molecular formula is C14H23Cl2N3O2. The largest absolute Gasteiger partial charge is 0.383 e. The van der Waals surface area contributed by atoms with Gasteiger partial charge < -0.3 is 19.9 Å². The van der Waals surface area contributed by atoms with Crippen molar-refractivity contribution in [2.24, 2.45) is 0 Å². The Labute approximate surface area is 138 Å². The first kappa shape index (κ1) is 20.0. The summed E-state index contributed by atoms with van der Waals surface area (Å²) in [5.74, 6) is 0.108. The Kier molecular flexibility index (Phi) is 9.37. The summed E-state index contributed by atoms with van der Waals surface area (Å²) in [6.07, 6.45) is 0. The van der Waals surface area contributed by atoms with Crippen molar-refractivity contribution in [3.63, 3.8) is 0 Å². The van der Waals surface area contributed by atoms with E-state index in [1.807, 2.05) is 29.2 Å². The molecule has 1 heterocycles. The second-order valence-electron chi connectivity index (χ2n) is 4.63. The van der Waals surface area contributed by atoms with E-state index in [1.165, 1.54) is 0 Å². The Morgan fingerprint density at radius 2 is 1.90 bits per heavy atom. The van der Waals surface area contributed by atoms with E-state index in [0.717, 1.165) is 24.5 Å². The molecule has 0 atom stereocenters. The molecule has 0 fully saturated rings. The van der Waals surface area contributed by atoms with E-state index in [4.69, 9.17) is 4.74 Å². The number of likely N-dealkylation sites (N-methyl/N-ethyl adjacent to an activating group) is 1. The highest BCUT2D eigenvalue weighted by Gasteiger charge is 2.24. The number of carbonyl (C=O) groups excluding carboxylic acids is 1. The van der Waals surface area contributed by atoms with Crippen molar-refractivity contribution < 1.29 is 9.53 Å². The Morgan fingerprint density at radius 3 is 2.57 bits per heavy atom. The second kappa shape index (κ2) is 9.84. The number of nitrogens with one attached hydrogen (secondary N) is 1. The van der Waals surface area contributed by atoms with Crippen LogP contribution < -0.4 is 15.1 Å². The summed E-state index contributed by atoms with van der Waals surface area (Å²) in [6, 6.07) is 8.02. The van der Waals surface area contributed by atoms with Crippen LogP contribution in [0.25, 0.3) is 0 Å². The number of para-hydroxylation sites is 2. The number of anilines is 2. The molecular weight excluding hydrogens is 313 g/mol. The second-order valence-corrected chi connectivity index (χ2v) is 4.63. The van der Waals surface area contributed by atoms with Gasteiger partial charge in [-0.1, -0.05) is 12.1 Å². The van der Waals surface area contributed by atoms with Gasteiger partial charge in [-0.25, -0.2) is 0 Å². The standard InChI is InChI=1S/C14H21N3O2.2ClH/c1-16-8-9-17(13-6-4-3-5-12(13)16)14(18)11-15-7-10-19-2;;/h3-6,15H,7-11H2,1-2H3;2*1H. The Hall–Kier alpha value is -1.01. The van der Waals surface area contributed by atoms with Crippen molar-refractivity contribution >= 4 is 42.1 Å². The Morgan fingerprint density at radius 1 is 1.24 bits per heavy atom. The van der Waals surface area contributed by atoms with Gasteiger partial charge in [0, 0.05) is 33.8 Å². The zero-order valence-corrected chi connectivity index (χ0v) is 14.0. The molecule has 1 amide bonds. The van der Waals surface area contributed by atoms with Crippen molar-refractivity contribution in [1.82, 2.24) is 5.32 Å². The van der Waals surface area contributed by atoms with Crippen LogP contribution in [0.3, 0.4) is 0 Å². The number of ether oxygens (including phenoxy) is 1. The maximum absolute atomic E-state index is 12.2. The minimum Gasteiger partial charge on any atom is -0.383 e. The van der Waals surface area contributed by atoms with E-state index in [0.29, 0.717) is 19.7 Å².